The third-order valence-electron chi connectivity index (χ3n) is 4.49. The lowest BCUT2D eigenvalue weighted by Crippen LogP contribution is -2.30. The molecule has 2 aliphatic rings. The first-order valence-corrected chi connectivity index (χ1v) is 7.99. The molecule has 0 bridgehead atoms. The van der Waals surface area contributed by atoms with E-state index in [2.05, 4.69) is 34.9 Å². The Labute approximate surface area is 140 Å². The molecule has 0 saturated carbocycles. The number of carbonyl (C=O) groups excluding carboxylic acids is 2. The number of hydrogen-bond donors (Lipinski definition) is 0. The third kappa shape index (κ3) is 2.35. The van der Waals surface area contributed by atoms with E-state index in [-0.39, 0.29) is 18.4 Å². The van der Waals surface area contributed by atoms with Gasteiger partial charge in [0.15, 0.2) is 0 Å². The van der Waals surface area contributed by atoms with Crippen molar-refractivity contribution < 1.29 is 9.59 Å². The largest absolute Gasteiger partial charge is 0.360 e. The molecule has 0 saturated heterocycles. The second-order valence-corrected chi connectivity index (χ2v) is 5.90. The highest BCUT2D eigenvalue weighted by Gasteiger charge is 2.34. The molecular weight excluding hydrogens is 300 g/mol. The maximum atomic E-state index is 12.2. The van der Waals surface area contributed by atoms with Gasteiger partial charge < -0.3 is 4.90 Å². The smallest absolute Gasteiger partial charge is 0.262 e. The van der Waals surface area contributed by atoms with Gasteiger partial charge in [0.2, 0.25) is 0 Å². The van der Waals surface area contributed by atoms with E-state index in [0.29, 0.717) is 17.7 Å². The maximum Gasteiger partial charge on any atom is 0.262 e. The van der Waals surface area contributed by atoms with Gasteiger partial charge in [-0.15, -0.1) is 0 Å². The van der Waals surface area contributed by atoms with Crippen LogP contribution in [0.5, 0.6) is 0 Å². The molecule has 0 atom stereocenters. The molecule has 118 valence electrons. The van der Waals surface area contributed by atoms with Crippen LogP contribution in [0.3, 0.4) is 0 Å². The lowest BCUT2D eigenvalue weighted by molar-refractivity contribution is 0.0675. The number of benzene rings is 2. The molecule has 2 aromatic carbocycles. The van der Waals surface area contributed by atoms with Crippen LogP contribution in [-0.4, -0.2) is 36.3 Å². The van der Waals surface area contributed by atoms with E-state index in [4.69, 9.17) is 0 Å². The summed E-state index contributed by atoms with van der Waals surface area (Å²) in [5, 5.41) is 0. The van der Waals surface area contributed by atoms with Gasteiger partial charge in [-0.05, 0) is 30.2 Å². The van der Waals surface area contributed by atoms with Crippen molar-refractivity contribution in [2.75, 3.05) is 24.5 Å². The Bertz CT molecular complexity index is 857. The van der Waals surface area contributed by atoms with Gasteiger partial charge in [-0.25, -0.2) is 0 Å². The molecule has 0 aromatic heterocycles. The van der Waals surface area contributed by atoms with Crippen LogP contribution in [0.4, 0.5) is 5.69 Å². The Morgan fingerprint density at radius 3 is 2.21 bits per heavy atom. The van der Waals surface area contributed by atoms with Crippen molar-refractivity contribution in [3.63, 3.8) is 0 Å². The first kappa shape index (κ1) is 14.5. The quantitative estimate of drug-likeness (QED) is 0.631. The van der Waals surface area contributed by atoms with Crippen molar-refractivity contribution in [2.24, 2.45) is 0 Å². The number of hydrogen-bond acceptors (Lipinski definition) is 3. The Morgan fingerprint density at radius 2 is 1.46 bits per heavy atom. The fourth-order valence-corrected chi connectivity index (χ4v) is 3.24. The highest BCUT2D eigenvalue weighted by atomic mass is 16.2. The first-order valence-electron chi connectivity index (χ1n) is 7.99. The van der Waals surface area contributed by atoms with E-state index in [1.54, 1.807) is 24.3 Å². The minimum absolute atomic E-state index is 0.141. The molecule has 2 heterocycles. The summed E-state index contributed by atoms with van der Waals surface area (Å²) in [4.78, 5) is 27.9. The summed E-state index contributed by atoms with van der Waals surface area (Å²) < 4.78 is 0. The molecule has 24 heavy (non-hydrogen) atoms. The summed E-state index contributed by atoms with van der Waals surface area (Å²) in [7, 11) is 0. The molecule has 0 N–H and O–H groups in total. The number of para-hydroxylation sites is 1. The maximum absolute atomic E-state index is 12.2. The second-order valence-electron chi connectivity index (χ2n) is 5.90. The third-order valence-corrected chi connectivity index (χ3v) is 4.49. The van der Waals surface area contributed by atoms with E-state index in [1.165, 1.54) is 16.2 Å². The predicted octanol–water partition coefficient (Wildman–Crippen LogP) is 2.35. The fraction of sp³-hybridized carbons (Fsp3) is 0.200. The molecule has 2 aliphatic heterocycles. The summed E-state index contributed by atoms with van der Waals surface area (Å²) in [5.41, 5.74) is 3.52. The van der Waals surface area contributed by atoms with Gasteiger partial charge in [0.05, 0.1) is 24.2 Å². The van der Waals surface area contributed by atoms with E-state index < -0.39 is 0 Å². The zero-order chi connectivity index (χ0) is 16.5. The van der Waals surface area contributed by atoms with Crippen molar-refractivity contribution >= 4 is 17.5 Å². The number of anilines is 1. The average Bonchev–Trinajstić information content (AvgIpc) is 3.13. The van der Waals surface area contributed by atoms with Crippen LogP contribution >= 0.6 is 0 Å². The lowest BCUT2D eigenvalue weighted by atomic mass is 10.1. The molecular formula is C20H16N2O2. The highest BCUT2D eigenvalue weighted by molar-refractivity contribution is 6.21. The zero-order valence-electron chi connectivity index (χ0n) is 13.2. The number of nitrogens with zero attached hydrogens (tertiary/aromatic N) is 2. The van der Waals surface area contributed by atoms with Crippen LogP contribution in [-0.2, 0) is 6.42 Å². The van der Waals surface area contributed by atoms with Gasteiger partial charge in [0.1, 0.15) is 0 Å². The lowest BCUT2D eigenvalue weighted by Gasteiger charge is -2.15. The van der Waals surface area contributed by atoms with Crippen molar-refractivity contribution in [1.29, 1.82) is 0 Å². The Morgan fingerprint density at radius 1 is 0.833 bits per heavy atom. The fourth-order valence-electron chi connectivity index (χ4n) is 3.24. The summed E-state index contributed by atoms with van der Waals surface area (Å²) in [6.07, 6.45) is 1.04. The van der Waals surface area contributed by atoms with Crippen LogP contribution in [0.2, 0.25) is 0 Å². The molecule has 4 nitrogen and oxygen atoms in total. The van der Waals surface area contributed by atoms with Gasteiger partial charge in [-0.1, -0.05) is 42.2 Å². The highest BCUT2D eigenvalue weighted by Crippen LogP contribution is 2.26. The molecule has 4 rings (SSSR count). The average molecular weight is 316 g/mol. The minimum atomic E-state index is -0.253. The van der Waals surface area contributed by atoms with E-state index in [9.17, 15) is 9.59 Å². The molecule has 2 amide bonds. The summed E-state index contributed by atoms with van der Waals surface area (Å²) in [5.74, 6) is 5.56. The first-order chi connectivity index (χ1) is 11.8. The van der Waals surface area contributed by atoms with Gasteiger partial charge in [-0.2, -0.15) is 0 Å². The van der Waals surface area contributed by atoms with Crippen LogP contribution in [0, 0.1) is 11.8 Å². The normalized spacial score (nSPS) is 15.2. The van der Waals surface area contributed by atoms with Crippen molar-refractivity contribution in [3.05, 3.63) is 65.2 Å². The second kappa shape index (κ2) is 5.86. The topological polar surface area (TPSA) is 40.6 Å². The minimum Gasteiger partial charge on any atom is -0.360 e. The van der Waals surface area contributed by atoms with Crippen molar-refractivity contribution in [3.8, 4) is 11.8 Å². The SMILES string of the molecule is O=C1c2ccccc2C(=O)N1CC#CCN1CCc2ccccc21. The summed E-state index contributed by atoms with van der Waals surface area (Å²) >= 11 is 0. The molecule has 0 spiro atoms. The number of fused-ring (bicyclic) bond motifs is 2. The van der Waals surface area contributed by atoms with Crippen LogP contribution in [0.1, 0.15) is 26.3 Å². The summed E-state index contributed by atoms with van der Waals surface area (Å²) in [6, 6.07) is 15.2. The number of amides is 2. The van der Waals surface area contributed by atoms with Crippen LogP contribution in [0.25, 0.3) is 0 Å². The van der Waals surface area contributed by atoms with Gasteiger partial charge in [-0.3, -0.25) is 14.5 Å². The van der Waals surface area contributed by atoms with Crippen LogP contribution in [0.15, 0.2) is 48.5 Å². The van der Waals surface area contributed by atoms with E-state index in [0.717, 1.165) is 13.0 Å². The molecule has 2 aromatic rings. The van der Waals surface area contributed by atoms with Gasteiger partial charge in [0.25, 0.3) is 11.8 Å². The zero-order valence-corrected chi connectivity index (χ0v) is 13.2. The van der Waals surface area contributed by atoms with Gasteiger partial charge >= 0.3 is 0 Å². The van der Waals surface area contributed by atoms with E-state index >= 15 is 0 Å². The number of imide groups is 1. The standard InChI is InChI=1S/C20H16N2O2/c23-19-16-8-2-3-9-17(16)20(24)22(19)13-6-5-12-21-14-11-15-7-1-4-10-18(15)21/h1-4,7-10H,11-14H2. The Balaban J connectivity index is 1.42. The van der Waals surface area contributed by atoms with Crippen molar-refractivity contribution in [2.45, 2.75) is 6.42 Å². The van der Waals surface area contributed by atoms with Gasteiger partial charge in [0, 0.05) is 12.2 Å². The number of carbonyl (C=O) groups is 2. The molecule has 4 heteroatoms. The number of rotatable bonds is 2. The molecule has 0 aliphatic carbocycles. The summed E-state index contributed by atoms with van der Waals surface area (Å²) in [6.45, 7) is 1.71. The molecule has 0 radical (unpaired) electrons. The van der Waals surface area contributed by atoms with Crippen molar-refractivity contribution in [1.82, 2.24) is 4.90 Å². The Kier molecular flexibility index (Phi) is 3.55. The monoisotopic (exact) mass is 316 g/mol. The molecule has 0 unspecified atom stereocenters. The van der Waals surface area contributed by atoms with Crippen LogP contribution < -0.4 is 4.90 Å². The Hall–Kier alpha value is -3.06. The molecule has 0 fully saturated rings. The van der Waals surface area contributed by atoms with E-state index in [1.807, 2.05) is 6.07 Å². The predicted molar refractivity (Wildman–Crippen MR) is 91.9 cm³/mol.